The number of hydrogen-bond donors (Lipinski definition) is 3. The van der Waals surface area contributed by atoms with Crippen LogP contribution < -0.4 is 16.0 Å². The molecule has 120 valence electrons. The molecule has 1 aromatic carbocycles. The van der Waals surface area contributed by atoms with Crippen LogP contribution in [0.2, 0.25) is 0 Å². The molecular weight excluding hydrogens is 298 g/mol. The molecule has 1 heterocycles. The maximum atomic E-state index is 11.8. The topological polar surface area (TPSA) is 100 Å². The van der Waals surface area contributed by atoms with Crippen LogP contribution in [0.25, 0.3) is 0 Å². The number of furan rings is 1. The minimum atomic E-state index is -0.365. The zero-order chi connectivity index (χ0) is 16.7. The molecular formula is C16H17N3O4. The standard InChI is InChI=1S/C16H17N3O4/c1-11(20)18-12-4-2-5-13(10-12)19-15(21)7-8-17-16(22)14-6-3-9-23-14/h2-6,9-10H,7-8H2,1H3,(H,17,22)(H,18,20)(H,19,21). The van der Waals surface area contributed by atoms with Crippen LogP contribution in [-0.2, 0) is 9.59 Å². The Morgan fingerprint density at radius 1 is 1.04 bits per heavy atom. The van der Waals surface area contributed by atoms with Crippen molar-refractivity contribution in [2.45, 2.75) is 13.3 Å². The van der Waals surface area contributed by atoms with Crippen molar-refractivity contribution < 1.29 is 18.8 Å². The molecule has 1 aromatic heterocycles. The SMILES string of the molecule is CC(=O)Nc1cccc(NC(=O)CCNC(=O)c2ccco2)c1. The molecule has 0 aliphatic carbocycles. The molecule has 0 radical (unpaired) electrons. The quantitative estimate of drug-likeness (QED) is 0.759. The first kappa shape index (κ1) is 16.3. The average Bonchev–Trinajstić information content (AvgIpc) is 3.01. The molecule has 7 nitrogen and oxygen atoms in total. The number of nitrogens with one attached hydrogen (secondary N) is 3. The second-order valence-electron chi connectivity index (χ2n) is 4.79. The van der Waals surface area contributed by atoms with Gasteiger partial charge < -0.3 is 20.4 Å². The van der Waals surface area contributed by atoms with Crippen molar-refractivity contribution in [3.63, 3.8) is 0 Å². The Bertz CT molecular complexity index is 695. The van der Waals surface area contributed by atoms with Gasteiger partial charge in [-0.25, -0.2) is 0 Å². The molecule has 0 aliphatic heterocycles. The molecule has 0 atom stereocenters. The van der Waals surface area contributed by atoms with Gasteiger partial charge in [0.15, 0.2) is 5.76 Å². The molecule has 0 spiro atoms. The third-order valence-corrected chi connectivity index (χ3v) is 2.85. The highest BCUT2D eigenvalue weighted by atomic mass is 16.3. The maximum Gasteiger partial charge on any atom is 0.286 e. The monoisotopic (exact) mass is 315 g/mol. The van der Waals surface area contributed by atoms with Gasteiger partial charge in [-0.05, 0) is 30.3 Å². The molecule has 3 N–H and O–H groups in total. The highest BCUT2D eigenvalue weighted by molar-refractivity contribution is 5.94. The number of amides is 3. The van der Waals surface area contributed by atoms with Gasteiger partial charge in [0.25, 0.3) is 5.91 Å². The van der Waals surface area contributed by atoms with Crippen LogP contribution in [0.3, 0.4) is 0 Å². The van der Waals surface area contributed by atoms with Gasteiger partial charge in [-0.15, -0.1) is 0 Å². The number of hydrogen-bond acceptors (Lipinski definition) is 4. The van der Waals surface area contributed by atoms with Crippen LogP contribution in [-0.4, -0.2) is 24.3 Å². The van der Waals surface area contributed by atoms with E-state index in [2.05, 4.69) is 16.0 Å². The van der Waals surface area contributed by atoms with E-state index >= 15 is 0 Å². The summed E-state index contributed by atoms with van der Waals surface area (Å²) in [5.74, 6) is -0.595. The third kappa shape index (κ3) is 5.31. The number of carbonyl (C=O) groups is 3. The first-order valence-corrected chi connectivity index (χ1v) is 7.04. The number of benzene rings is 1. The summed E-state index contributed by atoms with van der Waals surface area (Å²) in [7, 11) is 0. The lowest BCUT2D eigenvalue weighted by atomic mass is 10.2. The summed E-state index contributed by atoms with van der Waals surface area (Å²) < 4.78 is 4.95. The van der Waals surface area contributed by atoms with Gasteiger partial charge in [0.2, 0.25) is 11.8 Å². The van der Waals surface area contributed by atoms with Crippen molar-refractivity contribution in [3.8, 4) is 0 Å². The third-order valence-electron chi connectivity index (χ3n) is 2.85. The molecule has 0 bridgehead atoms. The van der Waals surface area contributed by atoms with Crippen molar-refractivity contribution in [2.75, 3.05) is 17.2 Å². The molecule has 3 amide bonds. The van der Waals surface area contributed by atoms with Crippen LogP contribution in [0.1, 0.15) is 23.9 Å². The fourth-order valence-corrected chi connectivity index (χ4v) is 1.89. The van der Waals surface area contributed by atoms with Gasteiger partial charge in [-0.1, -0.05) is 6.07 Å². The Labute approximate surface area is 133 Å². The summed E-state index contributed by atoms with van der Waals surface area (Å²) in [5, 5.41) is 7.92. The molecule has 7 heteroatoms. The van der Waals surface area contributed by atoms with Gasteiger partial charge in [-0.3, -0.25) is 14.4 Å². The van der Waals surface area contributed by atoms with E-state index in [4.69, 9.17) is 4.42 Å². The Balaban J connectivity index is 1.78. The molecule has 23 heavy (non-hydrogen) atoms. The lowest BCUT2D eigenvalue weighted by Crippen LogP contribution is -2.27. The molecule has 0 saturated heterocycles. The minimum Gasteiger partial charge on any atom is -0.459 e. The summed E-state index contributed by atoms with van der Waals surface area (Å²) in [6.45, 7) is 1.60. The smallest absolute Gasteiger partial charge is 0.286 e. The van der Waals surface area contributed by atoms with Crippen LogP contribution >= 0.6 is 0 Å². The largest absolute Gasteiger partial charge is 0.459 e. The van der Waals surface area contributed by atoms with Gasteiger partial charge >= 0.3 is 0 Å². The molecule has 2 rings (SSSR count). The van der Waals surface area contributed by atoms with E-state index in [1.165, 1.54) is 13.2 Å². The zero-order valence-corrected chi connectivity index (χ0v) is 12.6. The summed E-state index contributed by atoms with van der Waals surface area (Å²) in [5.41, 5.74) is 1.17. The molecule has 0 aliphatic rings. The Morgan fingerprint density at radius 2 is 1.78 bits per heavy atom. The molecule has 0 unspecified atom stereocenters. The number of anilines is 2. The minimum absolute atomic E-state index is 0.122. The maximum absolute atomic E-state index is 11.8. The predicted molar refractivity (Wildman–Crippen MR) is 85.0 cm³/mol. The highest BCUT2D eigenvalue weighted by Gasteiger charge is 2.09. The van der Waals surface area contributed by atoms with E-state index in [9.17, 15) is 14.4 Å². The second-order valence-corrected chi connectivity index (χ2v) is 4.79. The van der Waals surface area contributed by atoms with Gasteiger partial charge in [0.1, 0.15) is 0 Å². The van der Waals surface area contributed by atoms with Crippen molar-refractivity contribution in [3.05, 3.63) is 48.4 Å². The van der Waals surface area contributed by atoms with Crippen LogP contribution in [0.5, 0.6) is 0 Å². The van der Waals surface area contributed by atoms with E-state index in [-0.39, 0.29) is 36.4 Å². The Hall–Kier alpha value is -3.09. The highest BCUT2D eigenvalue weighted by Crippen LogP contribution is 2.15. The fraction of sp³-hybridized carbons (Fsp3) is 0.188. The molecule has 2 aromatic rings. The van der Waals surface area contributed by atoms with Crippen molar-refractivity contribution in [1.29, 1.82) is 0 Å². The number of rotatable bonds is 6. The van der Waals surface area contributed by atoms with E-state index in [1.54, 1.807) is 36.4 Å². The van der Waals surface area contributed by atoms with Crippen LogP contribution in [0, 0.1) is 0 Å². The lowest BCUT2D eigenvalue weighted by Gasteiger charge is -2.08. The zero-order valence-electron chi connectivity index (χ0n) is 12.6. The first-order valence-electron chi connectivity index (χ1n) is 7.04. The second kappa shape index (κ2) is 7.79. The van der Waals surface area contributed by atoms with E-state index in [1.807, 2.05) is 0 Å². The van der Waals surface area contributed by atoms with Crippen molar-refractivity contribution in [2.24, 2.45) is 0 Å². The van der Waals surface area contributed by atoms with Crippen LogP contribution in [0.4, 0.5) is 11.4 Å². The van der Waals surface area contributed by atoms with E-state index < -0.39 is 0 Å². The van der Waals surface area contributed by atoms with Gasteiger partial charge in [0, 0.05) is 31.3 Å². The van der Waals surface area contributed by atoms with Crippen molar-refractivity contribution in [1.82, 2.24) is 5.32 Å². The fourth-order valence-electron chi connectivity index (χ4n) is 1.89. The summed E-state index contributed by atoms with van der Waals surface area (Å²) >= 11 is 0. The summed E-state index contributed by atoms with van der Waals surface area (Å²) in [6.07, 6.45) is 1.53. The van der Waals surface area contributed by atoms with Gasteiger partial charge in [-0.2, -0.15) is 0 Å². The Morgan fingerprint density at radius 3 is 2.43 bits per heavy atom. The lowest BCUT2D eigenvalue weighted by molar-refractivity contribution is -0.116. The number of carbonyl (C=O) groups excluding carboxylic acids is 3. The normalized spacial score (nSPS) is 9.96. The first-order chi connectivity index (χ1) is 11.0. The summed E-state index contributed by atoms with van der Waals surface area (Å²) in [4.78, 5) is 34.5. The predicted octanol–water partition coefficient (Wildman–Crippen LogP) is 2.00. The van der Waals surface area contributed by atoms with E-state index in [0.717, 1.165) is 0 Å². The van der Waals surface area contributed by atoms with Crippen LogP contribution in [0.15, 0.2) is 47.1 Å². The molecule has 0 saturated carbocycles. The van der Waals surface area contributed by atoms with Crippen molar-refractivity contribution >= 4 is 29.1 Å². The summed E-state index contributed by atoms with van der Waals surface area (Å²) in [6, 6.07) is 9.97. The molecule has 0 fully saturated rings. The Kier molecular flexibility index (Phi) is 5.51. The average molecular weight is 315 g/mol. The van der Waals surface area contributed by atoms with E-state index in [0.29, 0.717) is 11.4 Å². The van der Waals surface area contributed by atoms with Gasteiger partial charge in [0.05, 0.1) is 6.26 Å².